The fourth-order valence-electron chi connectivity index (χ4n) is 1.48. The van der Waals surface area contributed by atoms with Gasteiger partial charge in [-0.3, -0.25) is 9.79 Å². The minimum atomic E-state index is -0.453. The van der Waals surface area contributed by atoms with Crippen LogP contribution in [0.15, 0.2) is 29.3 Å². The first-order valence-electron chi connectivity index (χ1n) is 5.44. The van der Waals surface area contributed by atoms with E-state index < -0.39 is 6.29 Å². The molecule has 0 atom stereocenters. The van der Waals surface area contributed by atoms with Crippen LogP contribution >= 0.6 is 0 Å². The van der Waals surface area contributed by atoms with Crippen LogP contribution in [-0.4, -0.2) is 40.1 Å². The summed E-state index contributed by atoms with van der Waals surface area (Å²) in [4.78, 5) is 15.0. The van der Waals surface area contributed by atoms with Gasteiger partial charge in [0.2, 0.25) is 0 Å². The van der Waals surface area contributed by atoms with E-state index in [1.54, 1.807) is 20.4 Å². The van der Waals surface area contributed by atoms with Crippen LogP contribution in [-0.2, 0) is 19.0 Å². The first kappa shape index (κ1) is 14.3. The third-order valence-corrected chi connectivity index (χ3v) is 2.36. The van der Waals surface area contributed by atoms with Crippen molar-refractivity contribution in [3.8, 4) is 0 Å². The molecule has 0 N–H and O–H groups in total. The maximum absolute atomic E-state index is 10.9. The number of aliphatic imine (C=N–C) groups is 1. The summed E-state index contributed by atoms with van der Waals surface area (Å²) >= 11 is 0. The summed E-state index contributed by atoms with van der Waals surface area (Å²) in [6.07, 6.45) is 1.16. The number of esters is 1. The van der Waals surface area contributed by atoms with Gasteiger partial charge in [0.25, 0.3) is 0 Å². The second-order valence-electron chi connectivity index (χ2n) is 3.48. The molecule has 0 fully saturated rings. The summed E-state index contributed by atoms with van der Waals surface area (Å²) < 4.78 is 14.9. The maximum Gasteiger partial charge on any atom is 0.327 e. The van der Waals surface area contributed by atoms with Gasteiger partial charge in [0.1, 0.15) is 6.54 Å². The zero-order valence-electron chi connectivity index (χ0n) is 10.8. The number of nitrogens with zero attached hydrogens (tertiary/aromatic N) is 1. The van der Waals surface area contributed by atoms with Gasteiger partial charge in [0, 0.05) is 31.6 Å². The Hall–Kier alpha value is -1.72. The summed E-state index contributed by atoms with van der Waals surface area (Å²) in [5.41, 5.74) is 1.70. The second kappa shape index (κ2) is 7.58. The number of benzene rings is 1. The highest BCUT2D eigenvalue weighted by Crippen LogP contribution is 2.20. The molecule has 0 unspecified atom stereocenters. The van der Waals surface area contributed by atoms with Crippen LogP contribution in [0.5, 0.6) is 0 Å². The highest BCUT2D eigenvalue weighted by Gasteiger charge is 2.11. The van der Waals surface area contributed by atoms with Crippen molar-refractivity contribution in [2.75, 3.05) is 27.9 Å². The summed E-state index contributed by atoms with van der Waals surface area (Å²) in [5, 5.41) is 0. The van der Waals surface area contributed by atoms with E-state index in [0.29, 0.717) is 0 Å². The molecule has 0 aliphatic carbocycles. The zero-order valence-corrected chi connectivity index (χ0v) is 10.8. The molecule has 0 amide bonds. The Labute approximate surface area is 106 Å². The van der Waals surface area contributed by atoms with Crippen LogP contribution in [0.4, 0.5) is 0 Å². The fourth-order valence-corrected chi connectivity index (χ4v) is 1.48. The number of ether oxygens (including phenoxy) is 3. The predicted molar refractivity (Wildman–Crippen MR) is 67.7 cm³/mol. The molecule has 1 aromatic rings. The van der Waals surface area contributed by atoms with Gasteiger partial charge in [-0.15, -0.1) is 0 Å². The number of methoxy groups -OCH3 is 3. The standard InChI is InChI=1S/C13H17NO4/c1-16-12(15)9-14-8-10-6-4-5-7-11(10)13(17-2)18-3/h4-8,13H,9H2,1-3H3. The van der Waals surface area contributed by atoms with Gasteiger partial charge >= 0.3 is 5.97 Å². The Kier molecular flexibility index (Phi) is 6.04. The first-order valence-corrected chi connectivity index (χ1v) is 5.44. The summed E-state index contributed by atoms with van der Waals surface area (Å²) in [6.45, 7) is -0.00450. The molecule has 1 aromatic carbocycles. The van der Waals surface area contributed by atoms with Crippen LogP contribution < -0.4 is 0 Å². The quantitative estimate of drug-likeness (QED) is 0.437. The predicted octanol–water partition coefficient (Wildman–Crippen LogP) is 1.57. The van der Waals surface area contributed by atoms with E-state index in [0.717, 1.165) is 11.1 Å². The third kappa shape index (κ3) is 3.94. The molecule has 0 aliphatic heterocycles. The molecule has 0 aromatic heterocycles. The number of hydrogen-bond acceptors (Lipinski definition) is 5. The molecule has 5 nitrogen and oxygen atoms in total. The van der Waals surface area contributed by atoms with E-state index in [1.165, 1.54) is 7.11 Å². The summed E-state index contributed by atoms with van der Waals surface area (Å²) in [6, 6.07) is 7.53. The topological polar surface area (TPSA) is 57.1 Å². The highest BCUT2D eigenvalue weighted by atomic mass is 16.7. The lowest BCUT2D eigenvalue weighted by Gasteiger charge is -2.15. The lowest BCUT2D eigenvalue weighted by atomic mass is 10.1. The van der Waals surface area contributed by atoms with Gasteiger partial charge in [0.15, 0.2) is 6.29 Å². The van der Waals surface area contributed by atoms with E-state index in [4.69, 9.17) is 9.47 Å². The molecule has 0 aliphatic rings. The Balaban J connectivity index is 2.85. The Morgan fingerprint density at radius 3 is 2.56 bits per heavy atom. The SMILES string of the molecule is COC(=O)CN=Cc1ccccc1C(OC)OC. The molecule has 0 saturated carbocycles. The van der Waals surface area contributed by atoms with Gasteiger partial charge in [-0.05, 0) is 0 Å². The summed E-state index contributed by atoms with van der Waals surface area (Å²) in [5.74, 6) is -0.376. The van der Waals surface area contributed by atoms with E-state index in [-0.39, 0.29) is 12.5 Å². The average molecular weight is 251 g/mol. The maximum atomic E-state index is 10.9. The molecular formula is C13H17NO4. The van der Waals surface area contributed by atoms with Crippen molar-refractivity contribution in [3.63, 3.8) is 0 Å². The lowest BCUT2D eigenvalue weighted by molar-refractivity contribution is -0.138. The van der Waals surface area contributed by atoms with Crippen LogP contribution in [0.1, 0.15) is 17.4 Å². The molecule has 0 spiro atoms. The molecule has 5 heteroatoms. The molecule has 0 radical (unpaired) electrons. The monoisotopic (exact) mass is 251 g/mol. The van der Waals surface area contributed by atoms with Gasteiger partial charge in [0.05, 0.1) is 7.11 Å². The molecule has 1 rings (SSSR count). The smallest absolute Gasteiger partial charge is 0.327 e. The highest BCUT2D eigenvalue weighted by molar-refractivity contribution is 5.84. The van der Waals surface area contributed by atoms with E-state index >= 15 is 0 Å². The van der Waals surface area contributed by atoms with Crippen molar-refractivity contribution in [1.82, 2.24) is 0 Å². The van der Waals surface area contributed by atoms with Gasteiger partial charge in [-0.25, -0.2) is 0 Å². The number of rotatable bonds is 6. The Morgan fingerprint density at radius 1 is 1.28 bits per heavy atom. The summed E-state index contributed by atoms with van der Waals surface area (Å²) in [7, 11) is 4.46. The first-order chi connectivity index (χ1) is 8.72. The lowest BCUT2D eigenvalue weighted by Crippen LogP contribution is -2.08. The molecule has 0 saturated heterocycles. The molecule has 18 heavy (non-hydrogen) atoms. The van der Waals surface area contributed by atoms with Gasteiger partial charge in [-0.2, -0.15) is 0 Å². The third-order valence-electron chi connectivity index (χ3n) is 2.36. The number of carbonyl (C=O) groups excluding carboxylic acids is 1. The number of carbonyl (C=O) groups is 1. The normalized spacial score (nSPS) is 11.1. The van der Waals surface area contributed by atoms with Crippen LogP contribution in [0, 0.1) is 0 Å². The molecule has 0 bridgehead atoms. The van der Waals surface area contributed by atoms with Crippen molar-refractivity contribution in [2.24, 2.45) is 4.99 Å². The second-order valence-corrected chi connectivity index (χ2v) is 3.48. The van der Waals surface area contributed by atoms with Crippen molar-refractivity contribution >= 4 is 12.2 Å². The minimum Gasteiger partial charge on any atom is -0.468 e. The Morgan fingerprint density at radius 2 is 1.94 bits per heavy atom. The molecule has 98 valence electrons. The van der Waals surface area contributed by atoms with Gasteiger partial charge in [-0.1, -0.05) is 24.3 Å². The van der Waals surface area contributed by atoms with Gasteiger partial charge < -0.3 is 14.2 Å². The van der Waals surface area contributed by atoms with E-state index in [9.17, 15) is 4.79 Å². The van der Waals surface area contributed by atoms with Crippen molar-refractivity contribution in [3.05, 3.63) is 35.4 Å². The van der Waals surface area contributed by atoms with Crippen molar-refractivity contribution < 1.29 is 19.0 Å². The van der Waals surface area contributed by atoms with Crippen LogP contribution in [0.3, 0.4) is 0 Å². The van der Waals surface area contributed by atoms with Crippen LogP contribution in [0.25, 0.3) is 0 Å². The molecular weight excluding hydrogens is 234 g/mol. The Bertz CT molecular complexity index is 413. The van der Waals surface area contributed by atoms with E-state index in [1.807, 2.05) is 24.3 Å². The fraction of sp³-hybridized carbons (Fsp3) is 0.385. The van der Waals surface area contributed by atoms with Crippen molar-refractivity contribution in [2.45, 2.75) is 6.29 Å². The van der Waals surface area contributed by atoms with E-state index in [2.05, 4.69) is 9.73 Å². The largest absolute Gasteiger partial charge is 0.468 e. The minimum absolute atomic E-state index is 0.00450. The number of hydrogen-bond donors (Lipinski definition) is 0. The average Bonchev–Trinajstić information content (AvgIpc) is 2.41. The molecule has 0 heterocycles. The zero-order chi connectivity index (χ0) is 13.4. The van der Waals surface area contributed by atoms with Crippen LogP contribution in [0.2, 0.25) is 0 Å². The van der Waals surface area contributed by atoms with Crippen molar-refractivity contribution in [1.29, 1.82) is 0 Å².